The molecule has 0 fully saturated rings. The number of benzene rings is 2. The molecule has 2 aromatic carbocycles. The number of fused-ring (bicyclic) bond motifs is 1. The average Bonchev–Trinajstić information content (AvgIpc) is 3.06. The van der Waals surface area contributed by atoms with E-state index in [1.807, 2.05) is 5.32 Å². The highest BCUT2D eigenvalue weighted by Crippen LogP contribution is 2.21. The highest BCUT2D eigenvalue weighted by molar-refractivity contribution is 5.98. The van der Waals surface area contributed by atoms with Gasteiger partial charge in [0.1, 0.15) is 5.58 Å². The van der Waals surface area contributed by atoms with E-state index in [0.717, 1.165) is 6.07 Å². The molecule has 8 heteroatoms. The summed E-state index contributed by atoms with van der Waals surface area (Å²) in [6.45, 7) is 1.24. The minimum absolute atomic E-state index is 0.107. The molecule has 0 aliphatic rings. The van der Waals surface area contributed by atoms with E-state index in [0.29, 0.717) is 17.0 Å². The maximum atomic E-state index is 13.6. The van der Waals surface area contributed by atoms with Gasteiger partial charge in [0.25, 0.3) is 5.91 Å². The molecule has 26 heavy (non-hydrogen) atoms. The third-order valence-corrected chi connectivity index (χ3v) is 3.57. The number of carbonyl (C=O) groups is 2. The van der Waals surface area contributed by atoms with Crippen molar-refractivity contribution in [3.8, 4) is 0 Å². The predicted molar refractivity (Wildman–Crippen MR) is 86.0 cm³/mol. The Morgan fingerprint density at radius 2 is 1.81 bits per heavy atom. The zero-order chi connectivity index (χ0) is 18.8. The van der Waals surface area contributed by atoms with Crippen molar-refractivity contribution in [3.63, 3.8) is 0 Å². The Morgan fingerprint density at radius 3 is 2.54 bits per heavy atom. The van der Waals surface area contributed by atoms with Crippen LogP contribution in [0.25, 0.3) is 11.0 Å². The molecule has 1 amide bonds. The fourth-order valence-corrected chi connectivity index (χ4v) is 2.21. The number of carbonyl (C=O) groups excluding carboxylic acids is 2. The summed E-state index contributed by atoms with van der Waals surface area (Å²) in [5.74, 6) is -6.56. The van der Waals surface area contributed by atoms with Gasteiger partial charge in [-0.2, -0.15) is 0 Å². The van der Waals surface area contributed by atoms with Gasteiger partial charge in [0, 0.05) is 5.39 Å². The molecule has 0 spiro atoms. The molecule has 3 aromatic rings. The Bertz CT molecular complexity index is 966. The summed E-state index contributed by atoms with van der Waals surface area (Å²) >= 11 is 0. The Hall–Kier alpha value is -3.29. The van der Waals surface area contributed by atoms with Gasteiger partial charge in [0.05, 0.1) is 5.69 Å². The average molecular weight is 363 g/mol. The van der Waals surface area contributed by atoms with Crippen LogP contribution in [-0.4, -0.2) is 18.0 Å². The number of ether oxygens (including phenoxy) is 1. The van der Waals surface area contributed by atoms with Gasteiger partial charge in [-0.25, -0.2) is 18.0 Å². The van der Waals surface area contributed by atoms with E-state index < -0.39 is 41.1 Å². The van der Waals surface area contributed by atoms with Crippen LogP contribution in [-0.2, 0) is 9.53 Å². The number of hydrogen-bond donors (Lipinski definition) is 1. The molecule has 0 unspecified atom stereocenters. The maximum absolute atomic E-state index is 13.6. The van der Waals surface area contributed by atoms with Gasteiger partial charge in [-0.3, -0.25) is 4.79 Å². The molecule has 134 valence electrons. The molecule has 0 bridgehead atoms. The van der Waals surface area contributed by atoms with Crippen LogP contribution in [0.3, 0.4) is 0 Å². The van der Waals surface area contributed by atoms with Gasteiger partial charge in [-0.1, -0.05) is 18.2 Å². The van der Waals surface area contributed by atoms with Crippen LogP contribution in [0.15, 0.2) is 46.9 Å². The number of hydrogen-bond acceptors (Lipinski definition) is 4. The minimum atomic E-state index is -1.71. The van der Waals surface area contributed by atoms with E-state index in [1.165, 1.54) is 13.0 Å². The lowest BCUT2D eigenvalue weighted by atomic mass is 10.2. The highest BCUT2D eigenvalue weighted by Gasteiger charge is 2.23. The Kier molecular flexibility index (Phi) is 4.66. The van der Waals surface area contributed by atoms with E-state index in [4.69, 9.17) is 9.15 Å². The number of furan rings is 1. The second-order valence-corrected chi connectivity index (χ2v) is 5.41. The first-order valence-corrected chi connectivity index (χ1v) is 7.50. The van der Waals surface area contributed by atoms with E-state index >= 15 is 0 Å². The van der Waals surface area contributed by atoms with Crippen molar-refractivity contribution in [2.75, 3.05) is 5.32 Å². The molecule has 0 aliphatic carbocycles. The number of para-hydroxylation sites is 1. The third-order valence-electron chi connectivity index (χ3n) is 3.57. The number of halogens is 3. The van der Waals surface area contributed by atoms with Crippen LogP contribution >= 0.6 is 0 Å². The monoisotopic (exact) mass is 363 g/mol. The van der Waals surface area contributed by atoms with E-state index in [9.17, 15) is 22.8 Å². The number of esters is 1. The molecule has 5 nitrogen and oxygen atoms in total. The molecule has 1 heterocycles. The zero-order valence-electron chi connectivity index (χ0n) is 13.4. The lowest BCUT2D eigenvalue weighted by Gasteiger charge is -2.13. The molecule has 1 aromatic heterocycles. The molecular weight excluding hydrogens is 351 g/mol. The van der Waals surface area contributed by atoms with Gasteiger partial charge in [0.2, 0.25) is 5.76 Å². The molecule has 1 atom stereocenters. The van der Waals surface area contributed by atoms with Gasteiger partial charge >= 0.3 is 5.97 Å². The smallest absolute Gasteiger partial charge is 0.375 e. The first kappa shape index (κ1) is 17.5. The van der Waals surface area contributed by atoms with Crippen LogP contribution in [0.1, 0.15) is 17.5 Å². The first-order valence-electron chi connectivity index (χ1n) is 7.50. The van der Waals surface area contributed by atoms with E-state index in [1.54, 1.807) is 24.3 Å². The Balaban J connectivity index is 1.69. The summed E-state index contributed by atoms with van der Waals surface area (Å²) in [5, 5.41) is 2.71. The summed E-state index contributed by atoms with van der Waals surface area (Å²) in [6, 6.07) is 9.87. The van der Waals surface area contributed by atoms with E-state index in [2.05, 4.69) is 0 Å². The van der Waals surface area contributed by atoms with Crippen molar-refractivity contribution in [3.05, 3.63) is 65.7 Å². The molecule has 0 saturated heterocycles. The molecule has 0 aliphatic heterocycles. The van der Waals surface area contributed by atoms with Crippen LogP contribution in [0.5, 0.6) is 0 Å². The van der Waals surface area contributed by atoms with Crippen molar-refractivity contribution in [2.45, 2.75) is 13.0 Å². The fraction of sp³-hybridized carbons (Fsp3) is 0.111. The van der Waals surface area contributed by atoms with Gasteiger partial charge in [-0.15, -0.1) is 0 Å². The SMILES string of the molecule is C[C@@H](OC(=O)c1cc2ccccc2o1)C(=O)Nc1ccc(F)c(F)c1F. The summed E-state index contributed by atoms with van der Waals surface area (Å²) < 4.78 is 49.9. The quantitative estimate of drug-likeness (QED) is 0.561. The second kappa shape index (κ2) is 6.91. The van der Waals surface area contributed by atoms with Crippen LogP contribution in [0, 0.1) is 17.5 Å². The first-order chi connectivity index (χ1) is 12.4. The molecule has 0 radical (unpaired) electrons. The van der Waals surface area contributed by atoms with Crippen molar-refractivity contribution in [1.82, 2.24) is 0 Å². The van der Waals surface area contributed by atoms with E-state index in [-0.39, 0.29) is 5.76 Å². The number of rotatable bonds is 4. The lowest BCUT2D eigenvalue weighted by Crippen LogP contribution is -2.30. The summed E-state index contributed by atoms with van der Waals surface area (Å²) in [7, 11) is 0. The molecular formula is C18H12F3NO4. The van der Waals surface area contributed by atoms with Gasteiger partial charge in [0.15, 0.2) is 23.6 Å². The minimum Gasteiger partial charge on any atom is -0.449 e. The van der Waals surface area contributed by atoms with Crippen molar-refractivity contribution in [2.24, 2.45) is 0 Å². The van der Waals surface area contributed by atoms with Gasteiger partial charge in [-0.05, 0) is 31.2 Å². The normalized spacial score (nSPS) is 12.0. The zero-order valence-corrected chi connectivity index (χ0v) is 13.4. The topological polar surface area (TPSA) is 68.5 Å². The van der Waals surface area contributed by atoms with Crippen LogP contribution < -0.4 is 5.32 Å². The highest BCUT2D eigenvalue weighted by atomic mass is 19.2. The lowest BCUT2D eigenvalue weighted by molar-refractivity contribution is -0.123. The van der Waals surface area contributed by atoms with Gasteiger partial charge < -0.3 is 14.5 Å². The second-order valence-electron chi connectivity index (χ2n) is 5.41. The summed E-state index contributed by atoms with van der Waals surface area (Å²) in [6.07, 6.45) is -1.33. The van der Waals surface area contributed by atoms with Crippen molar-refractivity contribution >= 4 is 28.5 Å². The predicted octanol–water partition coefficient (Wildman–Crippen LogP) is 4.03. The van der Waals surface area contributed by atoms with Crippen molar-refractivity contribution in [1.29, 1.82) is 0 Å². The molecule has 3 rings (SSSR count). The number of anilines is 1. The third kappa shape index (κ3) is 3.39. The standard InChI is InChI=1S/C18H12F3NO4/c1-9(17(23)22-12-7-6-11(19)15(20)16(12)21)25-18(24)14-8-10-4-2-3-5-13(10)26-14/h2-9H,1H3,(H,22,23)/t9-/m1/s1. The fourth-order valence-electron chi connectivity index (χ4n) is 2.21. The largest absolute Gasteiger partial charge is 0.449 e. The maximum Gasteiger partial charge on any atom is 0.375 e. The Morgan fingerprint density at radius 1 is 1.08 bits per heavy atom. The summed E-state index contributed by atoms with van der Waals surface area (Å²) in [5.41, 5.74) is -0.0963. The number of amides is 1. The van der Waals surface area contributed by atoms with Crippen molar-refractivity contribution < 1.29 is 31.9 Å². The Labute approximate surface area is 145 Å². The number of nitrogens with one attached hydrogen (secondary N) is 1. The summed E-state index contributed by atoms with van der Waals surface area (Å²) in [4.78, 5) is 24.1. The molecule has 0 saturated carbocycles. The van der Waals surface area contributed by atoms with Crippen LogP contribution in [0.2, 0.25) is 0 Å². The van der Waals surface area contributed by atoms with Crippen LogP contribution in [0.4, 0.5) is 18.9 Å². The molecule has 1 N–H and O–H groups in total.